The second kappa shape index (κ2) is 9.15. The summed E-state index contributed by atoms with van der Waals surface area (Å²) >= 11 is 5.94. The molecule has 0 unspecified atom stereocenters. The Bertz CT molecular complexity index is 942. The van der Waals surface area contributed by atoms with Crippen molar-refractivity contribution in [1.82, 2.24) is 4.98 Å². The van der Waals surface area contributed by atoms with Crippen molar-refractivity contribution in [3.8, 4) is 0 Å². The van der Waals surface area contributed by atoms with Gasteiger partial charge in [-0.2, -0.15) is 0 Å². The van der Waals surface area contributed by atoms with E-state index in [1.807, 2.05) is 12.1 Å². The van der Waals surface area contributed by atoms with E-state index in [0.29, 0.717) is 35.0 Å². The van der Waals surface area contributed by atoms with Gasteiger partial charge >= 0.3 is 5.97 Å². The maximum absolute atomic E-state index is 13.2. The first-order valence-corrected chi connectivity index (χ1v) is 9.20. The topological polar surface area (TPSA) is 59.5 Å². The normalized spacial score (nSPS) is 10.4. The van der Waals surface area contributed by atoms with Crippen LogP contribution in [-0.2, 0) is 11.3 Å². The van der Waals surface area contributed by atoms with Crippen LogP contribution >= 0.6 is 11.6 Å². The van der Waals surface area contributed by atoms with Crippen LogP contribution in [0.1, 0.15) is 33.2 Å². The molecule has 0 spiro atoms. The molecule has 1 aromatic heterocycles. The van der Waals surface area contributed by atoms with Crippen LogP contribution in [0.15, 0.2) is 73.1 Å². The number of ether oxygens (including phenoxy) is 1. The molecule has 5 nitrogen and oxygen atoms in total. The zero-order valence-electron chi connectivity index (χ0n) is 15.3. The summed E-state index contributed by atoms with van der Waals surface area (Å²) in [6, 6.07) is 17.2. The summed E-state index contributed by atoms with van der Waals surface area (Å²) < 4.78 is 5.01. The van der Waals surface area contributed by atoms with Crippen LogP contribution in [0.4, 0.5) is 5.69 Å². The van der Waals surface area contributed by atoms with Crippen LogP contribution in [0.5, 0.6) is 0 Å². The number of nitrogens with zero attached hydrogens (tertiary/aromatic N) is 2. The zero-order valence-corrected chi connectivity index (χ0v) is 16.1. The molecule has 3 rings (SSSR count). The second-order valence-corrected chi connectivity index (χ2v) is 6.46. The van der Waals surface area contributed by atoms with Crippen LogP contribution in [0, 0.1) is 0 Å². The van der Waals surface area contributed by atoms with Crippen LogP contribution in [0.2, 0.25) is 5.02 Å². The van der Waals surface area contributed by atoms with Crippen molar-refractivity contribution in [2.24, 2.45) is 0 Å². The quantitative estimate of drug-likeness (QED) is 0.565. The molecule has 0 N–H and O–H groups in total. The van der Waals surface area contributed by atoms with Gasteiger partial charge in [-0.25, -0.2) is 4.79 Å². The minimum atomic E-state index is -0.392. The number of carbonyl (C=O) groups excluding carboxylic acids is 2. The lowest BCUT2D eigenvalue weighted by Gasteiger charge is -2.23. The van der Waals surface area contributed by atoms with E-state index in [0.717, 1.165) is 5.56 Å². The van der Waals surface area contributed by atoms with Gasteiger partial charge in [0.2, 0.25) is 0 Å². The molecule has 28 heavy (non-hydrogen) atoms. The third-order valence-electron chi connectivity index (χ3n) is 4.09. The molecule has 142 valence electrons. The van der Waals surface area contributed by atoms with Crippen LogP contribution in [0.25, 0.3) is 0 Å². The van der Waals surface area contributed by atoms with E-state index < -0.39 is 5.97 Å². The van der Waals surface area contributed by atoms with Crippen molar-refractivity contribution in [3.63, 3.8) is 0 Å². The Hall–Kier alpha value is -3.18. The zero-order chi connectivity index (χ0) is 19.9. The van der Waals surface area contributed by atoms with Crippen LogP contribution in [0.3, 0.4) is 0 Å². The highest BCUT2D eigenvalue weighted by Gasteiger charge is 2.19. The molecule has 0 aliphatic heterocycles. The maximum atomic E-state index is 13.2. The first-order chi connectivity index (χ1) is 13.6. The second-order valence-electron chi connectivity index (χ2n) is 6.03. The molecule has 0 aliphatic carbocycles. The third kappa shape index (κ3) is 4.75. The van der Waals surface area contributed by atoms with Crippen LogP contribution < -0.4 is 4.90 Å². The first-order valence-electron chi connectivity index (χ1n) is 8.82. The number of carbonyl (C=O) groups is 2. The minimum Gasteiger partial charge on any atom is -0.462 e. The number of halogens is 1. The van der Waals surface area contributed by atoms with Crippen molar-refractivity contribution in [1.29, 1.82) is 0 Å². The Morgan fingerprint density at radius 2 is 1.68 bits per heavy atom. The highest BCUT2D eigenvalue weighted by atomic mass is 35.5. The predicted octanol–water partition coefficient (Wildman–Crippen LogP) is 4.76. The van der Waals surface area contributed by atoms with Gasteiger partial charge in [0, 0.05) is 28.7 Å². The molecule has 2 aromatic carbocycles. The Balaban J connectivity index is 1.92. The van der Waals surface area contributed by atoms with Gasteiger partial charge in [0.25, 0.3) is 5.91 Å². The highest BCUT2D eigenvalue weighted by Crippen LogP contribution is 2.22. The minimum absolute atomic E-state index is 0.176. The van der Waals surface area contributed by atoms with Gasteiger partial charge in [0.15, 0.2) is 0 Å². The van der Waals surface area contributed by atoms with Gasteiger partial charge in [0.1, 0.15) is 0 Å². The molecule has 0 bridgehead atoms. The predicted molar refractivity (Wildman–Crippen MR) is 109 cm³/mol. The number of benzene rings is 2. The van der Waals surface area contributed by atoms with Crippen molar-refractivity contribution >= 4 is 29.2 Å². The molecule has 1 amide bonds. The fourth-order valence-electron chi connectivity index (χ4n) is 2.69. The monoisotopic (exact) mass is 394 g/mol. The van der Waals surface area contributed by atoms with Crippen LogP contribution in [-0.4, -0.2) is 23.5 Å². The van der Waals surface area contributed by atoms with Gasteiger partial charge in [-0.15, -0.1) is 0 Å². The maximum Gasteiger partial charge on any atom is 0.338 e. The molecule has 6 heteroatoms. The number of rotatable bonds is 6. The molecule has 0 atom stereocenters. The Morgan fingerprint density at radius 1 is 1.00 bits per heavy atom. The van der Waals surface area contributed by atoms with E-state index in [4.69, 9.17) is 16.3 Å². The highest BCUT2D eigenvalue weighted by molar-refractivity contribution is 6.30. The van der Waals surface area contributed by atoms with Gasteiger partial charge < -0.3 is 9.64 Å². The lowest BCUT2D eigenvalue weighted by Crippen LogP contribution is -2.30. The number of pyridine rings is 1. The fourth-order valence-corrected chi connectivity index (χ4v) is 2.82. The lowest BCUT2D eigenvalue weighted by atomic mass is 10.1. The summed E-state index contributed by atoms with van der Waals surface area (Å²) in [7, 11) is 0. The van der Waals surface area contributed by atoms with Crippen molar-refractivity contribution in [2.75, 3.05) is 11.5 Å². The van der Waals surface area contributed by atoms with Gasteiger partial charge in [-0.05, 0) is 67.1 Å². The summed E-state index contributed by atoms with van der Waals surface area (Å²) in [6.45, 7) is 2.41. The van der Waals surface area contributed by atoms with E-state index in [1.54, 1.807) is 72.7 Å². The average Bonchev–Trinajstić information content (AvgIpc) is 2.73. The molecule has 0 saturated heterocycles. The smallest absolute Gasteiger partial charge is 0.338 e. The Morgan fingerprint density at radius 3 is 2.29 bits per heavy atom. The average molecular weight is 395 g/mol. The number of esters is 1. The number of anilines is 1. The van der Waals surface area contributed by atoms with Gasteiger partial charge in [-0.3, -0.25) is 9.78 Å². The van der Waals surface area contributed by atoms with E-state index in [9.17, 15) is 9.59 Å². The first kappa shape index (κ1) is 19.6. The van der Waals surface area contributed by atoms with E-state index in [-0.39, 0.29) is 5.91 Å². The standard InChI is InChI=1S/C22H19ClN2O3/c1-2-28-22(27)18-7-11-20(12-8-18)25(15-16-4-3-13-24-14-16)21(26)17-5-9-19(23)10-6-17/h3-14H,2,15H2,1H3. The number of hydrogen-bond donors (Lipinski definition) is 0. The molecule has 0 fully saturated rings. The summed E-state index contributed by atoms with van der Waals surface area (Å²) in [4.78, 5) is 30.8. The molecule has 0 aliphatic rings. The SMILES string of the molecule is CCOC(=O)c1ccc(N(Cc2cccnc2)C(=O)c2ccc(Cl)cc2)cc1. The van der Waals surface area contributed by atoms with E-state index in [1.165, 1.54) is 0 Å². The third-order valence-corrected chi connectivity index (χ3v) is 4.34. The van der Waals surface area contributed by atoms with E-state index in [2.05, 4.69) is 4.98 Å². The Labute approximate surface area is 168 Å². The molecule has 0 saturated carbocycles. The number of aromatic nitrogens is 1. The molecular weight excluding hydrogens is 376 g/mol. The largest absolute Gasteiger partial charge is 0.462 e. The van der Waals surface area contributed by atoms with Crippen molar-refractivity contribution in [2.45, 2.75) is 13.5 Å². The molecular formula is C22H19ClN2O3. The summed E-state index contributed by atoms with van der Waals surface area (Å²) in [5.74, 6) is -0.568. The molecule has 1 heterocycles. The van der Waals surface area contributed by atoms with Crippen molar-refractivity contribution < 1.29 is 14.3 Å². The number of hydrogen-bond acceptors (Lipinski definition) is 4. The fraction of sp³-hybridized carbons (Fsp3) is 0.136. The van der Waals surface area contributed by atoms with Gasteiger partial charge in [0.05, 0.1) is 18.7 Å². The molecule has 3 aromatic rings. The lowest BCUT2D eigenvalue weighted by molar-refractivity contribution is 0.0526. The van der Waals surface area contributed by atoms with Crippen molar-refractivity contribution in [3.05, 3.63) is 94.8 Å². The molecule has 0 radical (unpaired) electrons. The Kier molecular flexibility index (Phi) is 6.40. The van der Waals surface area contributed by atoms with E-state index >= 15 is 0 Å². The summed E-state index contributed by atoms with van der Waals surface area (Å²) in [5, 5.41) is 0.564. The van der Waals surface area contributed by atoms with Gasteiger partial charge in [-0.1, -0.05) is 17.7 Å². The summed E-state index contributed by atoms with van der Waals surface area (Å²) in [6.07, 6.45) is 3.40. The summed E-state index contributed by atoms with van der Waals surface area (Å²) in [5.41, 5.74) is 2.50. The number of amides is 1.